The number of likely N-dealkylation sites (N-methyl/N-ethyl adjacent to an activating group) is 1. The fourth-order valence-electron chi connectivity index (χ4n) is 1.95. The molecule has 0 radical (unpaired) electrons. The van der Waals surface area contributed by atoms with Crippen LogP contribution in [0.2, 0.25) is 0 Å². The Morgan fingerprint density at radius 1 is 1.50 bits per heavy atom. The van der Waals surface area contributed by atoms with Crippen molar-refractivity contribution in [3.05, 3.63) is 0 Å². The first kappa shape index (κ1) is 9.96. The molecule has 1 saturated heterocycles. The van der Waals surface area contributed by atoms with Gasteiger partial charge in [0.05, 0.1) is 6.61 Å². The zero-order valence-electron chi connectivity index (χ0n) is 8.16. The van der Waals surface area contributed by atoms with Crippen molar-refractivity contribution in [2.45, 2.75) is 18.9 Å². The Labute approximate surface area is 75.0 Å². The molecule has 0 saturated carbocycles. The van der Waals surface area contributed by atoms with E-state index in [1.807, 2.05) is 0 Å². The summed E-state index contributed by atoms with van der Waals surface area (Å²) in [5.41, 5.74) is 0. The van der Waals surface area contributed by atoms with Gasteiger partial charge in [0, 0.05) is 19.1 Å². The number of hydrogen-bond acceptors (Lipinski definition) is 3. The molecule has 0 aromatic rings. The highest BCUT2D eigenvalue weighted by Gasteiger charge is 2.23. The number of aliphatic hydroxyl groups excluding tert-OH is 1. The number of likely N-dealkylation sites (tertiary alicyclic amines) is 1. The number of aliphatic hydroxyl groups is 1. The molecular formula is C9H20N2O. The summed E-state index contributed by atoms with van der Waals surface area (Å²) in [5.74, 6) is 0. The molecule has 72 valence electrons. The van der Waals surface area contributed by atoms with Crippen molar-refractivity contribution in [1.82, 2.24) is 9.80 Å². The molecule has 0 aromatic carbocycles. The third kappa shape index (κ3) is 2.73. The lowest BCUT2D eigenvalue weighted by atomic mass is 10.2. The van der Waals surface area contributed by atoms with E-state index in [0.717, 1.165) is 13.1 Å². The van der Waals surface area contributed by atoms with Gasteiger partial charge in [-0.3, -0.25) is 4.90 Å². The van der Waals surface area contributed by atoms with E-state index in [1.54, 1.807) is 0 Å². The van der Waals surface area contributed by atoms with Gasteiger partial charge in [0.25, 0.3) is 0 Å². The van der Waals surface area contributed by atoms with E-state index in [9.17, 15) is 0 Å². The van der Waals surface area contributed by atoms with Gasteiger partial charge in [-0.1, -0.05) is 0 Å². The summed E-state index contributed by atoms with van der Waals surface area (Å²) >= 11 is 0. The molecule has 3 heteroatoms. The molecule has 0 bridgehead atoms. The Morgan fingerprint density at radius 2 is 2.25 bits per heavy atom. The first-order valence-corrected chi connectivity index (χ1v) is 4.73. The summed E-state index contributed by atoms with van der Waals surface area (Å²) in [7, 11) is 4.21. The molecule has 1 rings (SSSR count). The normalized spacial score (nSPS) is 25.5. The molecule has 0 spiro atoms. The van der Waals surface area contributed by atoms with E-state index >= 15 is 0 Å². The van der Waals surface area contributed by atoms with Gasteiger partial charge in [0.2, 0.25) is 0 Å². The van der Waals surface area contributed by atoms with E-state index in [1.165, 1.54) is 19.4 Å². The summed E-state index contributed by atoms with van der Waals surface area (Å²) in [4.78, 5) is 4.61. The van der Waals surface area contributed by atoms with E-state index in [2.05, 4.69) is 23.9 Å². The minimum atomic E-state index is 0.296. The van der Waals surface area contributed by atoms with Gasteiger partial charge in [-0.15, -0.1) is 0 Å². The molecule has 0 aromatic heterocycles. The molecule has 3 nitrogen and oxygen atoms in total. The van der Waals surface area contributed by atoms with Crippen LogP contribution in [0.15, 0.2) is 0 Å². The predicted molar refractivity (Wildman–Crippen MR) is 50.2 cm³/mol. The average molecular weight is 172 g/mol. The average Bonchev–Trinajstić information content (AvgIpc) is 2.37. The molecule has 0 aliphatic carbocycles. The Morgan fingerprint density at radius 3 is 2.83 bits per heavy atom. The van der Waals surface area contributed by atoms with Crippen molar-refractivity contribution in [2.75, 3.05) is 40.3 Å². The fraction of sp³-hybridized carbons (Fsp3) is 1.00. The minimum Gasteiger partial charge on any atom is -0.395 e. The van der Waals surface area contributed by atoms with Crippen LogP contribution in [0.5, 0.6) is 0 Å². The van der Waals surface area contributed by atoms with Gasteiger partial charge < -0.3 is 10.0 Å². The van der Waals surface area contributed by atoms with Crippen LogP contribution in [0.4, 0.5) is 0 Å². The zero-order chi connectivity index (χ0) is 8.97. The van der Waals surface area contributed by atoms with Crippen LogP contribution in [0.1, 0.15) is 12.8 Å². The highest BCUT2D eigenvalue weighted by atomic mass is 16.3. The second-order valence-corrected chi connectivity index (χ2v) is 3.82. The van der Waals surface area contributed by atoms with Crippen LogP contribution in [-0.4, -0.2) is 61.3 Å². The van der Waals surface area contributed by atoms with Crippen molar-refractivity contribution in [2.24, 2.45) is 0 Å². The first-order chi connectivity index (χ1) is 5.74. The lowest BCUT2D eigenvalue weighted by Gasteiger charge is -2.26. The molecule has 0 amide bonds. The highest BCUT2D eigenvalue weighted by Crippen LogP contribution is 2.16. The quantitative estimate of drug-likeness (QED) is 0.647. The molecule has 0 unspecified atom stereocenters. The topological polar surface area (TPSA) is 26.7 Å². The third-order valence-corrected chi connectivity index (χ3v) is 2.46. The monoisotopic (exact) mass is 172 g/mol. The van der Waals surface area contributed by atoms with E-state index in [0.29, 0.717) is 12.6 Å². The molecule has 1 heterocycles. The summed E-state index contributed by atoms with van der Waals surface area (Å²) in [6.07, 6.45) is 2.58. The summed E-state index contributed by atoms with van der Waals surface area (Å²) in [6, 6.07) is 0.673. The summed E-state index contributed by atoms with van der Waals surface area (Å²) < 4.78 is 0. The van der Waals surface area contributed by atoms with Crippen molar-refractivity contribution in [3.63, 3.8) is 0 Å². The minimum absolute atomic E-state index is 0.296. The first-order valence-electron chi connectivity index (χ1n) is 4.73. The summed E-state index contributed by atoms with van der Waals surface area (Å²) in [5, 5.41) is 8.82. The van der Waals surface area contributed by atoms with E-state index in [-0.39, 0.29) is 0 Å². The maximum atomic E-state index is 8.82. The predicted octanol–water partition coefficient (Wildman–Crippen LogP) is 0.00470. The smallest absolute Gasteiger partial charge is 0.0558 e. The molecular weight excluding hydrogens is 152 g/mol. The lowest BCUT2D eigenvalue weighted by molar-refractivity contribution is 0.164. The van der Waals surface area contributed by atoms with Gasteiger partial charge in [-0.2, -0.15) is 0 Å². The number of nitrogens with zero attached hydrogens (tertiary/aromatic N) is 2. The second kappa shape index (κ2) is 4.80. The maximum absolute atomic E-state index is 8.82. The second-order valence-electron chi connectivity index (χ2n) is 3.82. The van der Waals surface area contributed by atoms with Gasteiger partial charge in [-0.25, -0.2) is 0 Å². The van der Waals surface area contributed by atoms with Crippen molar-refractivity contribution in [3.8, 4) is 0 Å². The number of rotatable bonds is 4. The molecule has 12 heavy (non-hydrogen) atoms. The van der Waals surface area contributed by atoms with Crippen molar-refractivity contribution < 1.29 is 5.11 Å². The SMILES string of the molecule is CN(C)C[C@@H]1CCCN1CCO. The molecule has 1 atom stereocenters. The lowest BCUT2D eigenvalue weighted by Crippen LogP contribution is -2.38. The standard InChI is InChI=1S/C9H20N2O/c1-10(2)8-9-4-3-5-11(9)6-7-12/h9,12H,3-8H2,1-2H3/t9-/m0/s1. The van der Waals surface area contributed by atoms with Gasteiger partial charge in [-0.05, 0) is 33.5 Å². The highest BCUT2D eigenvalue weighted by molar-refractivity contribution is 4.80. The van der Waals surface area contributed by atoms with E-state index in [4.69, 9.17) is 5.11 Å². The van der Waals surface area contributed by atoms with Crippen molar-refractivity contribution in [1.29, 1.82) is 0 Å². The van der Waals surface area contributed by atoms with Gasteiger partial charge in [0.15, 0.2) is 0 Å². The molecule has 1 fully saturated rings. The van der Waals surface area contributed by atoms with Gasteiger partial charge in [0.1, 0.15) is 0 Å². The Balaban J connectivity index is 2.30. The Bertz CT molecular complexity index is 128. The van der Waals surface area contributed by atoms with Crippen molar-refractivity contribution >= 4 is 0 Å². The zero-order valence-corrected chi connectivity index (χ0v) is 8.16. The van der Waals surface area contributed by atoms with Crippen LogP contribution in [-0.2, 0) is 0 Å². The fourth-order valence-corrected chi connectivity index (χ4v) is 1.95. The van der Waals surface area contributed by atoms with Crippen LogP contribution in [0, 0.1) is 0 Å². The Hall–Kier alpha value is -0.120. The third-order valence-electron chi connectivity index (χ3n) is 2.46. The van der Waals surface area contributed by atoms with Crippen LogP contribution < -0.4 is 0 Å². The maximum Gasteiger partial charge on any atom is 0.0558 e. The number of hydrogen-bond donors (Lipinski definition) is 1. The largest absolute Gasteiger partial charge is 0.395 e. The Kier molecular flexibility index (Phi) is 3.98. The molecule has 1 aliphatic heterocycles. The van der Waals surface area contributed by atoms with Crippen LogP contribution in [0.25, 0.3) is 0 Å². The molecule has 1 aliphatic rings. The van der Waals surface area contributed by atoms with Crippen LogP contribution >= 0.6 is 0 Å². The van der Waals surface area contributed by atoms with E-state index < -0.39 is 0 Å². The van der Waals surface area contributed by atoms with Gasteiger partial charge >= 0.3 is 0 Å². The molecule has 1 N–H and O–H groups in total. The summed E-state index contributed by atoms with van der Waals surface area (Å²) in [6.45, 7) is 3.43. The van der Waals surface area contributed by atoms with Crippen LogP contribution in [0.3, 0.4) is 0 Å². The number of β-amino-alcohol motifs (C(OH)–C–C–N with tert-alkyl or cyclic N) is 1.